The largest absolute Gasteiger partial charge is 0.333 e. The summed E-state index contributed by atoms with van der Waals surface area (Å²) in [4.78, 5) is 13.4. The van der Waals surface area contributed by atoms with Gasteiger partial charge in [0, 0.05) is 31.7 Å². The number of aryl methyl sites for hydroxylation is 2. The van der Waals surface area contributed by atoms with Crippen LogP contribution in [0.15, 0.2) is 18.5 Å². The van der Waals surface area contributed by atoms with E-state index < -0.39 is 10.0 Å². The van der Waals surface area contributed by atoms with Crippen molar-refractivity contribution in [1.82, 2.24) is 23.8 Å². The van der Waals surface area contributed by atoms with Crippen molar-refractivity contribution in [1.29, 1.82) is 0 Å². The van der Waals surface area contributed by atoms with Crippen molar-refractivity contribution in [3.63, 3.8) is 0 Å². The van der Waals surface area contributed by atoms with Gasteiger partial charge in [-0.3, -0.25) is 0 Å². The smallest absolute Gasteiger partial charge is 0.211 e. The molecule has 2 aromatic heterocycles. The van der Waals surface area contributed by atoms with Crippen LogP contribution in [-0.4, -0.2) is 45.0 Å². The van der Waals surface area contributed by atoms with E-state index in [1.54, 1.807) is 6.20 Å². The zero-order valence-electron chi connectivity index (χ0n) is 12.9. The molecular weight excluding hydrogens is 302 g/mol. The highest BCUT2D eigenvalue weighted by molar-refractivity contribution is 7.88. The zero-order chi connectivity index (χ0) is 15.9. The maximum Gasteiger partial charge on any atom is 0.211 e. The second-order valence-corrected chi connectivity index (χ2v) is 7.58. The number of hydrogen-bond acceptors (Lipinski definition) is 5. The molecule has 0 aromatic carbocycles. The molecule has 1 aliphatic rings. The van der Waals surface area contributed by atoms with Crippen molar-refractivity contribution in [2.75, 3.05) is 12.8 Å². The van der Waals surface area contributed by atoms with Gasteiger partial charge >= 0.3 is 0 Å². The van der Waals surface area contributed by atoms with Crippen molar-refractivity contribution < 1.29 is 8.42 Å². The van der Waals surface area contributed by atoms with Crippen LogP contribution in [-0.2, 0) is 17.1 Å². The van der Waals surface area contributed by atoms with Crippen LogP contribution in [0.3, 0.4) is 0 Å². The minimum Gasteiger partial charge on any atom is -0.333 e. The van der Waals surface area contributed by atoms with Gasteiger partial charge in [0.05, 0.1) is 12.3 Å². The fraction of sp³-hybridized carbons (Fsp3) is 0.500. The van der Waals surface area contributed by atoms with Gasteiger partial charge in [-0.1, -0.05) is 0 Å². The van der Waals surface area contributed by atoms with E-state index >= 15 is 0 Å². The van der Waals surface area contributed by atoms with Gasteiger partial charge in [0.15, 0.2) is 5.82 Å². The maximum atomic E-state index is 11.9. The van der Waals surface area contributed by atoms with Gasteiger partial charge < -0.3 is 4.57 Å². The van der Waals surface area contributed by atoms with Gasteiger partial charge in [-0.05, 0) is 25.8 Å². The Morgan fingerprint density at radius 3 is 2.73 bits per heavy atom. The lowest BCUT2D eigenvalue weighted by Crippen LogP contribution is -2.30. The van der Waals surface area contributed by atoms with E-state index in [9.17, 15) is 8.42 Å². The standard InChI is InChI=1S/C14H19N5O2S/c1-10-9-11(14-15-6-8-18(14)2)17-13(16-10)12-5-4-7-19(12)22(3,20)21/h6,8-9,12H,4-5,7H2,1-3H3/t12-/m1/s1. The van der Waals surface area contributed by atoms with Gasteiger partial charge in [0.2, 0.25) is 10.0 Å². The Morgan fingerprint density at radius 2 is 2.09 bits per heavy atom. The Balaban J connectivity index is 2.05. The average Bonchev–Trinajstić information content (AvgIpc) is 3.05. The predicted molar refractivity (Wildman–Crippen MR) is 82.5 cm³/mol. The second-order valence-electron chi connectivity index (χ2n) is 5.65. The Labute approximate surface area is 130 Å². The van der Waals surface area contributed by atoms with E-state index in [2.05, 4.69) is 15.0 Å². The van der Waals surface area contributed by atoms with Crippen LogP contribution in [0.25, 0.3) is 11.5 Å². The highest BCUT2D eigenvalue weighted by Crippen LogP contribution is 2.32. The molecule has 2 aromatic rings. The molecule has 1 fully saturated rings. The SMILES string of the molecule is Cc1cc(-c2nccn2C)nc([C@H]2CCCN2S(C)(=O)=O)n1. The topological polar surface area (TPSA) is 81.0 Å². The average molecular weight is 321 g/mol. The lowest BCUT2D eigenvalue weighted by atomic mass is 10.2. The molecule has 118 valence electrons. The predicted octanol–water partition coefficient (Wildman–Crippen LogP) is 1.28. The van der Waals surface area contributed by atoms with Crippen molar-refractivity contribution in [3.05, 3.63) is 30.0 Å². The third kappa shape index (κ3) is 2.76. The monoisotopic (exact) mass is 321 g/mol. The molecule has 3 rings (SSSR count). The second kappa shape index (κ2) is 5.44. The number of sulfonamides is 1. The fourth-order valence-corrected chi connectivity index (χ4v) is 3.99. The normalized spacial score (nSPS) is 19.7. The Morgan fingerprint density at radius 1 is 1.32 bits per heavy atom. The minimum atomic E-state index is -3.26. The molecule has 3 heterocycles. The Hall–Kier alpha value is -1.80. The molecule has 7 nitrogen and oxygen atoms in total. The third-order valence-corrected chi connectivity index (χ3v) is 5.14. The summed E-state index contributed by atoms with van der Waals surface area (Å²) in [6.45, 7) is 2.41. The summed E-state index contributed by atoms with van der Waals surface area (Å²) in [5.41, 5.74) is 1.53. The van der Waals surface area contributed by atoms with E-state index in [0.717, 1.165) is 30.1 Å². The van der Waals surface area contributed by atoms with Gasteiger partial charge in [-0.15, -0.1) is 0 Å². The molecular formula is C14H19N5O2S. The van der Waals surface area contributed by atoms with Gasteiger partial charge in [0.25, 0.3) is 0 Å². The number of rotatable bonds is 3. The first-order chi connectivity index (χ1) is 10.4. The van der Waals surface area contributed by atoms with Crippen molar-refractivity contribution in [2.24, 2.45) is 7.05 Å². The van der Waals surface area contributed by atoms with E-state index in [-0.39, 0.29) is 6.04 Å². The fourth-order valence-electron chi connectivity index (χ4n) is 2.86. The van der Waals surface area contributed by atoms with Gasteiger partial charge in [0.1, 0.15) is 11.5 Å². The summed E-state index contributed by atoms with van der Waals surface area (Å²) in [7, 11) is -1.35. The van der Waals surface area contributed by atoms with E-state index in [0.29, 0.717) is 12.4 Å². The van der Waals surface area contributed by atoms with Gasteiger partial charge in [-0.25, -0.2) is 23.4 Å². The first-order valence-electron chi connectivity index (χ1n) is 7.16. The first kappa shape index (κ1) is 15.1. The minimum absolute atomic E-state index is 0.283. The third-order valence-electron chi connectivity index (χ3n) is 3.85. The molecule has 0 aliphatic carbocycles. The quantitative estimate of drug-likeness (QED) is 0.850. The van der Waals surface area contributed by atoms with Crippen LogP contribution in [0.2, 0.25) is 0 Å². The Bertz CT molecular complexity index is 799. The summed E-state index contributed by atoms with van der Waals surface area (Å²) in [6.07, 6.45) is 6.37. The van der Waals surface area contributed by atoms with E-state index in [4.69, 9.17) is 0 Å². The molecule has 22 heavy (non-hydrogen) atoms. The summed E-state index contributed by atoms with van der Waals surface area (Å²) in [5, 5.41) is 0. The molecule has 0 radical (unpaired) electrons. The summed E-state index contributed by atoms with van der Waals surface area (Å²) in [5.74, 6) is 1.30. The highest BCUT2D eigenvalue weighted by Gasteiger charge is 2.34. The van der Waals surface area contributed by atoms with Crippen LogP contribution >= 0.6 is 0 Å². The first-order valence-corrected chi connectivity index (χ1v) is 9.01. The lowest BCUT2D eigenvalue weighted by Gasteiger charge is -2.21. The molecule has 0 unspecified atom stereocenters. The molecule has 8 heteroatoms. The molecule has 1 saturated heterocycles. The molecule has 0 bridgehead atoms. The number of imidazole rings is 1. The molecule has 0 N–H and O–H groups in total. The number of hydrogen-bond donors (Lipinski definition) is 0. The van der Waals surface area contributed by atoms with Crippen LogP contribution in [0.4, 0.5) is 0 Å². The summed E-state index contributed by atoms with van der Waals surface area (Å²) >= 11 is 0. The number of nitrogens with zero attached hydrogens (tertiary/aromatic N) is 5. The van der Waals surface area contributed by atoms with Crippen molar-refractivity contribution in [3.8, 4) is 11.5 Å². The van der Waals surface area contributed by atoms with Crippen LogP contribution in [0.5, 0.6) is 0 Å². The molecule has 0 spiro atoms. The van der Waals surface area contributed by atoms with E-state index in [1.807, 2.05) is 30.8 Å². The molecule has 0 amide bonds. The van der Waals surface area contributed by atoms with Crippen LogP contribution in [0.1, 0.15) is 30.4 Å². The highest BCUT2D eigenvalue weighted by atomic mass is 32.2. The maximum absolute atomic E-state index is 11.9. The summed E-state index contributed by atoms with van der Waals surface area (Å²) in [6, 6.07) is 1.58. The van der Waals surface area contributed by atoms with Gasteiger partial charge in [-0.2, -0.15) is 4.31 Å². The number of aromatic nitrogens is 4. The zero-order valence-corrected chi connectivity index (χ0v) is 13.7. The van der Waals surface area contributed by atoms with Crippen molar-refractivity contribution >= 4 is 10.0 Å². The van der Waals surface area contributed by atoms with E-state index in [1.165, 1.54) is 10.6 Å². The lowest BCUT2D eigenvalue weighted by molar-refractivity contribution is 0.386. The van der Waals surface area contributed by atoms with Crippen LogP contribution in [0, 0.1) is 6.92 Å². The molecule has 1 atom stereocenters. The van der Waals surface area contributed by atoms with Crippen LogP contribution < -0.4 is 0 Å². The van der Waals surface area contributed by atoms with Crippen molar-refractivity contribution in [2.45, 2.75) is 25.8 Å². The Kier molecular flexibility index (Phi) is 3.73. The summed E-state index contributed by atoms with van der Waals surface area (Å²) < 4.78 is 27.2. The molecule has 1 aliphatic heterocycles. The molecule has 0 saturated carbocycles.